The lowest BCUT2D eigenvalue weighted by molar-refractivity contribution is -0.137. The van der Waals surface area contributed by atoms with E-state index in [0.717, 1.165) is 12.1 Å². The molecule has 0 bridgehead atoms. The molecule has 0 saturated carbocycles. The van der Waals surface area contributed by atoms with Crippen molar-refractivity contribution < 1.29 is 13.2 Å². The predicted molar refractivity (Wildman–Crippen MR) is 105 cm³/mol. The second-order valence-corrected chi connectivity index (χ2v) is 7.10. The SMILES string of the molecule is N#CC(=NNc1cccc(C(F)(F)F)c1)c1nc(-c2ccc(Cl)c(Cl)c2)cs1. The standard InChI is InChI=1S/C18H9Cl2F3N4S/c19-13-5-4-10(6-14(13)20)16-9-28-17(25-16)15(8-24)27-26-12-3-1-2-11(7-12)18(21,22)23/h1-7,9,26H. The molecule has 0 unspecified atom stereocenters. The van der Waals surface area contributed by atoms with Gasteiger partial charge in [-0.05, 0) is 30.3 Å². The number of benzene rings is 2. The molecular weight excluding hydrogens is 432 g/mol. The summed E-state index contributed by atoms with van der Waals surface area (Å²) in [5.41, 5.74) is 2.97. The van der Waals surface area contributed by atoms with E-state index in [2.05, 4.69) is 15.5 Å². The zero-order valence-electron chi connectivity index (χ0n) is 13.8. The first-order valence-electron chi connectivity index (χ1n) is 7.60. The zero-order chi connectivity index (χ0) is 20.3. The number of hydrogen-bond donors (Lipinski definition) is 1. The maximum absolute atomic E-state index is 12.8. The molecule has 1 N–H and O–H groups in total. The Bertz CT molecular complexity index is 1090. The number of thiazole rings is 1. The molecule has 2 aromatic carbocycles. The third kappa shape index (κ3) is 4.62. The molecule has 0 spiro atoms. The summed E-state index contributed by atoms with van der Waals surface area (Å²) >= 11 is 13.1. The van der Waals surface area contributed by atoms with E-state index in [1.54, 1.807) is 23.6 Å². The number of nitrogens with zero attached hydrogens (tertiary/aromatic N) is 3. The highest BCUT2D eigenvalue weighted by atomic mass is 35.5. The van der Waals surface area contributed by atoms with Crippen molar-refractivity contribution >= 4 is 45.9 Å². The zero-order valence-corrected chi connectivity index (χ0v) is 16.1. The average molecular weight is 441 g/mol. The third-order valence-electron chi connectivity index (χ3n) is 3.51. The second-order valence-electron chi connectivity index (χ2n) is 5.43. The summed E-state index contributed by atoms with van der Waals surface area (Å²) in [6.45, 7) is 0. The Balaban J connectivity index is 1.83. The number of nitriles is 1. The van der Waals surface area contributed by atoms with Crippen molar-refractivity contribution in [2.24, 2.45) is 5.10 Å². The van der Waals surface area contributed by atoms with Crippen molar-refractivity contribution in [1.29, 1.82) is 5.26 Å². The molecule has 1 heterocycles. The molecule has 10 heteroatoms. The highest BCUT2D eigenvalue weighted by Gasteiger charge is 2.30. The minimum Gasteiger partial charge on any atom is -0.277 e. The molecule has 28 heavy (non-hydrogen) atoms. The molecule has 0 saturated heterocycles. The molecule has 0 fully saturated rings. The lowest BCUT2D eigenvalue weighted by atomic mass is 10.2. The van der Waals surface area contributed by atoms with Gasteiger partial charge in [-0.15, -0.1) is 11.3 Å². The van der Waals surface area contributed by atoms with Crippen molar-refractivity contribution in [2.75, 3.05) is 5.43 Å². The molecule has 0 amide bonds. The van der Waals surface area contributed by atoms with E-state index in [4.69, 9.17) is 23.2 Å². The van der Waals surface area contributed by atoms with Gasteiger partial charge in [0.15, 0.2) is 10.7 Å². The Morgan fingerprint density at radius 3 is 2.61 bits per heavy atom. The Morgan fingerprint density at radius 1 is 1.14 bits per heavy atom. The highest BCUT2D eigenvalue weighted by molar-refractivity contribution is 7.12. The number of nitrogens with one attached hydrogen (secondary N) is 1. The summed E-state index contributed by atoms with van der Waals surface area (Å²) in [5, 5.41) is 16.0. The van der Waals surface area contributed by atoms with Crippen LogP contribution in [-0.2, 0) is 6.18 Å². The Labute approximate surface area is 171 Å². The molecule has 0 radical (unpaired) electrons. The average Bonchev–Trinajstić information content (AvgIpc) is 3.14. The van der Waals surface area contributed by atoms with Gasteiger partial charge < -0.3 is 0 Å². The van der Waals surface area contributed by atoms with E-state index in [-0.39, 0.29) is 11.4 Å². The number of alkyl halides is 3. The van der Waals surface area contributed by atoms with Gasteiger partial charge in [0.1, 0.15) is 6.07 Å². The molecule has 0 aliphatic heterocycles. The van der Waals surface area contributed by atoms with E-state index < -0.39 is 11.7 Å². The van der Waals surface area contributed by atoms with Crippen molar-refractivity contribution in [3.05, 3.63) is 68.5 Å². The molecule has 4 nitrogen and oxygen atoms in total. The molecule has 142 valence electrons. The number of anilines is 1. The normalized spacial score (nSPS) is 11.9. The summed E-state index contributed by atoms with van der Waals surface area (Å²) in [4.78, 5) is 4.34. The van der Waals surface area contributed by atoms with Crippen molar-refractivity contribution in [1.82, 2.24) is 4.98 Å². The Morgan fingerprint density at radius 2 is 1.93 bits per heavy atom. The van der Waals surface area contributed by atoms with E-state index >= 15 is 0 Å². The van der Waals surface area contributed by atoms with Crippen LogP contribution in [0.15, 0.2) is 52.9 Å². The van der Waals surface area contributed by atoms with Gasteiger partial charge in [-0.2, -0.15) is 23.5 Å². The first-order valence-corrected chi connectivity index (χ1v) is 9.24. The molecule has 3 aromatic rings. The van der Waals surface area contributed by atoms with Crippen LogP contribution in [0.4, 0.5) is 18.9 Å². The molecule has 0 aliphatic carbocycles. The fourth-order valence-electron chi connectivity index (χ4n) is 2.18. The van der Waals surface area contributed by atoms with Crippen LogP contribution in [0.3, 0.4) is 0 Å². The van der Waals surface area contributed by atoms with Gasteiger partial charge in [-0.25, -0.2) is 4.98 Å². The number of halogens is 5. The molecular formula is C18H9Cl2F3N4S. The first-order chi connectivity index (χ1) is 13.3. The molecule has 0 aliphatic rings. The first kappa shape index (κ1) is 20.1. The van der Waals surface area contributed by atoms with Gasteiger partial charge in [-0.1, -0.05) is 35.3 Å². The minimum atomic E-state index is -4.47. The third-order valence-corrected chi connectivity index (χ3v) is 5.10. The van der Waals surface area contributed by atoms with Crippen LogP contribution in [0, 0.1) is 11.3 Å². The Hall–Kier alpha value is -2.60. The summed E-state index contributed by atoms with van der Waals surface area (Å²) in [7, 11) is 0. The maximum Gasteiger partial charge on any atom is 0.416 e. The fourth-order valence-corrected chi connectivity index (χ4v) is 3.24. The summed E-state index contributed by atoms with van der Waals surface area (Å²) < 4.78 is 38.3. The van der Waals surface area contributed by atoms with E-state index in [1.165, 1.54) is 23.5 Å². The number of aromatic nitrogens is 1. The molecule has 1 aromatic heterocycles. The van der Waals surface area contributed by atoms with Gasteiger partial charge >= 0.3 is 6.18 Å². The van der Waals surface area contributed by atoms with Gasteiger partial charge in [0, 0.05) is 10.9 Å². The van der Waals surface area contributed by atoms with Crippen LogP contribution in [-0.4, -0.2) is 10.7 Å². The van der Waals surface area contributed by atoms with Gasteiger partial charge in [0.25, 0.3) is 0 Å². The van der Waals surface area contributed by atoms with Crippen molar-refractivity contribution in [3.63, 3.8) is 0 Å². The van der Waals surface area contributed by atoms with E-state index in [1.807, 2.05) is 6.07 Å². The Kier molecular flexibility index (Phi) is 5.89. The maximum atomic E-state index is 12.8. The summed E-state index contributed by atoms with van der Waals surface area (Å²) in [6.07, 6.45) is -4.47. The van der Waals surface area contributed by atoms with E-state index in [9.17, 15) is 18.4 Å². The van der Waals surface area contributed by atoms with Crippen LogP contribution in [0.25, 0.3) is 11.3 Å². The molecule has 3 rings (SSSR count). The topological polar surface area (TPSA) is 61.1 Å². The number of hydrazone groups is 1. The van der Waals surface area contributed by atoms with Crippen LogP contribution >= 0.6 is 34.5 Å². The van der Waals surface area contributed by atoms with Gasteiger partial charge in [0.2, 0.25) is 0 Å². The number of rotatable bonds is 4. The van der Waals surface area contributed by atoms with Gasteiger partial charge in [0.05, 0.1) is 27.0 Å². The highest BCUT2D eigenvalue weighted by Crippen LogP contribution is 2.31. The van der Waals surface area contributed by atoms with Crippen molar-refractivity contribution in [3.8, 4) is 17.3 Å². The van der Waals surface area contributed by atoms with Crippen LogP contribution < -0.4 is 5.43 Å². The predicted octanol–water partition coefficient (Wildman–Crippen LogP) is 6.48. The lowest BCUT2D eigenvalue weighted by Gasteiger charge is -2.08. The van der Waals surface area contributed by atoms with Crippen LogP contribution in [0.2, 0.25) is 10.0 Å². The fraction of sp³-hybridized carbons (Fsp3) is 0.0556. The molecule has 0 atom stereocenters. The minimum absolute atomic E-state index is 0.0614. The van der Waals surface area contributed by atoms with E-state index in [0.29, 0.717) is 26.3 Å². The monoisotopic (exact) mass is 440 g/mol. The summed E-state index contributed by atoms with van der Waals surface area (Å²) in [5.74, 6) is 0. The van der Waals surface area contributed by atoms with Gasteiger partial charge in [-0.3, -0.25) is 5.43 Å². The van der Waals surface area contributed by atoms with Crippen LogP contribution in [0.1, 0.15) is 10.6 Å². The summed E-state index contributed by atoms with van der Waals surface area (Å²) in [6, 6.07) is 11.4. The second kappa shape index (κ2) is 8.19. The lowest BCUT2D eigenvalue weighted by Crippen LogP contribution is -2.06. The quantitative estimate of drug-likeness (QED) is 0.373. The van der Waals surface area contributed by atoms with Crippen molar-refractivity contribution in [2.45, 2.75) is 6.18 Å². The largest absolute Gasteiger partial charge is 0.416 e. The number of hydrogen-bond acceptors (Lipinski definition) is 5. The van der Waals surface area contributed by atoms with Crippen LogP contribution in [0.5, 0.6) is 0 Å². The smallest absolute Gasteiger partial charge is 0.277 e.